The number of hydrogen-bond donors (Lipinski definition) is 1. The molecule has 0 saturated carbocycles. The molecule has 1 fully saturated rings. The summed E-state index contributed by atoms with van der Waals surface area (Å²) in [6, 6.07) is 4.62. The van der Waals surface area contributed by atoms with Crippen LogP contribution in [0.4, 0.5) is 0 Å². The van der Waals surface area contributed by atoms with E-state index in [1.165, 1.54) is 24.0 Å². The van der Waals surface area contributed by atoms with Crippen molar-refractivity contribution in [3.63, 3.8) is 0 Å². The molecule has 0 aromatic heterocycles. The molecule has 1 aromatic rings. The number of piperidine rings is 1. The third kappa shape index (κ3) is 2.23. The van der Waals surface area contributed by atoms with Gasteiger partial charge in [-0.05, 0) is 71.9 Å². The second kappa shape index (κ2) is 4.62. The predicted molar refractivity (Wildman–Crippen MR) is 72.8 cm³/mol. The maximum Gasteiger partial charge on any atom is 0.137 e. The van der Waals surface area contributed by atoms with E-state index in [2.05, 4.69) is 40.3 Å². The van der Waals surface area contributed by atoms with E-state index >= 15 is 0 Å². The molecule has 0 spiro atoms. The number of fused-ring (bicyclic) bond motifs is 1. The van der Waals surface area contributed by atoms with Gasteiger partial charge in [-0.1, -0.05) is 6.07 Å². The largest absolute Gasteiger partial charge is 0.489 e. The first-order valence-electron chi connectivity index (χ1n) is 6.43. The maximum absolute atomic E-state index is 5.82. The molecular weight excluding hydrogens is 278 g/mol. The van der Waals surface area contributed by atoms with Gasteiger partial charge < -0.3 is 10.1 Å². The van der Waals surface area contributed by atoms with Crippen LogP contribution < -0.4 is 10.1 Å². The normalized spacial score (nSPS) is 24.5. The first-order chi connectivity index (χ1) is 8.24. The zero-order valence-electron chi connectivity index (χ0n) is 10.1. The Morgan fingerprint density at radius 2 is 2.06 bits per heavy atom. The highest BCUT2D eigenvalue weighted by Gasteiger charge is 2.24. The Balaban J connectivity index is 1.91. The Morgan fingerprint density at radius 3 is 2.82 bits per heavy atom. The first kappa shape index (κ1) is 11.5. The van der Waals surface area contributed by atoms with E-state index in [0.717, 1.165) is 29.7 Å². The second-order valence-corrected chi connectivity index (χ2v) is 6.00. The predicted octanol–water partition coefficient (Wildman–Crippen LogP) is 3.24. The molecule has 1 aromatic carbocycles. The molecule has 2 heterocycles. The molecule has 92 valence electrons. The second-order valence-electron chi connectivity index (χ2n) is 5.15. The number of rotatable bonds is 1. The van der Waals surface area contributed by atoms with Gasteiger partial charge in [-0.15, -0.1) is 0 Å². The standard InChI is InChI=1S/C14H18BrNO/c1-9-6-12-7-11(8-13(15)14(12)17-9)10-2-4-16-5-3-10/h7-10,16H,2-6H2,1H3. The molecule has 2 aliphatic heterocycles. The molecule has 17 heavy (non-hydrogen) atoms. The van der Waals surface area contributed by atoms with E-state index in [9.17, 15) is 0 Å². The molecule has 3 rings (SSSR count). The van der Waals surface area contributed by atoms with Crippen LogP contribution in [-0.2, 0) is 6.42 Å². The highest BCUT2D eigenvalue weighted by atomic mass is 79.9. The van der Waals surface area contributed by atoms with Gasteiger partial charge in [0, 0.05) is 6.42 Å². The topological polar surface area (TPSA) is 21.3 Å². The molecule has 3 heteroatoms. The smallest absolute Gasteiger partial charge is 0.137 e. The van der Waals surface area contributed by atoms with Gasteiger partial charge in [0.15, 0.2) is 0 Å². The summed E-state index contributed by atoms with van der Waals surface area (Å²) in [5.41, 5.74) is 2.86. The number of halogens is 1. The van der Waals surface area contributed by atoms with Gasteiger partial charge >= 0.3 is 0 Å². The lowest BCUT2D eigenvalue weighted by molar-refractivity contribution is 0.253. The summed E-state index contributed by atoms with van der Waals surface area (Å²) < 4.78 is 6.95. The quantitative estimate of drug-likeness (QED) is 0.859. The summed E-state index contributed by atoms with van der Waals surface area (Å²) in [6.45, 7) is 4.43. The maximum atomic E-state index is 5.82. The Labute approximate surface area is 111 Å². The van der Waals surface area contributed by atoms with Crippen LogP contribution in [0.5, 0.6) is 5.75 Å². The van der Waals surface area contributed by atoms with E-state index in [4.69, 9.17) is 4.74 Å². The fourth-order valence-corrected chi connectivity index (χ4v) is 3.51. The average Bonchev–Trinajstić information content (AvgIpc) is 2.71. The first-order valence-corrected chi connectivity index (χ1v) is 7.23. The number of nitrogens with one attached hydrogen (secondary N) is 1. The van der Waals surface area contributed by atoms with Crippen LogP contribution in [0.3, 0.4) is 0 Å². The third-order valence-electron chi connectivity index (χ3n) is 3.78. The molecule has 2 aliphatic rings. The van der Waals surface area contributed by atoms with E-state index < -0.39 is 0 Å². The van der Waals surface area contributed by atoms with Gasteiger partial charge in [-0.2, -0.15) is 0 Å². The fourth-order valence-electron chi connectivity index (χ4n) is 2.90. The molecule has 0 amide bonds. The van der Waals surface area contributed by atoms with E-state index in [0.29, 0.717) is 12.0 Å². The number of ether oxygens (including phenoxy) is 1. The SMILES string of the molecule is CC1Cc2cc(C3CCNCC3)cc(Br)c2O1. The van der Waals surface area contributed by atoms with Crippen molar-refractivity contribution in [2.24, 2.45) is 0 Å². The minimum Gasteiger partial charge on any atom is -0.489 e. The number of hydrogen-bond acceptors (Lipinski definition) is 2. The van der Waals surface area contributed by atoms with Crippen LogP contribution in [0, 0.1) is 0 Å². The summed E-state index contributed by atoms with van der Waals surface area (Å²) in [6.07, 6.45) is 3.88. The zero-order chi connectivity index (χ0) is 11.8. The molecule has 1 saturated heterocycles. The van der Waals surface area contributed by atoms with Crippen molar-refractivity contribution in [2.45, 2.75) is 38.2 Å². The Bertz CT molecular complexity index is 426. The summed E-state index contributed by atoms with van der Waals surface area (Å²) in [5.74, 6) is 1.78. The number of benzene rings is 1. The van der Waals surface area contributed by atoms with Crippen molar-refractivity contribution >= 4 is 15.9 Å². The zero-order valence-corrected chi connectivity index (χ0v) is 11.7. The molecule has 0 radical (unpaired) electrons. The van der Waals surface area contributed by atoms with Crippen LogP contribution >= 0.6 is 15.9 Å². The monoisotopic (exact) mass is 295 g/mol. The fraction of sp³-hybridized carbons (Fsp3) is 0.571. The lowest BCUT2D eigenvalue weighted by Crippen LogP contribution is -2.26. The Kier molecular flexibility index (Phi) is 3.14. The van der Waals surface area contributed by atoms with Gasteiger partial charge in [-0.25, -0.2) is 0 Å². The van der Waals surface area contributed by atoms with Crippen LogP contribution in [0.15, 0.2) is 16.6 Å². The van der Waals surface area contributed by atoms with Crippen LogP contribution in [0.2, 0.25) is 0 Å². The summed E-state index contributed by atoms with van der Waals surface area (Å²) in [4.78, 5) is 0. The Morgan fingerprint density at radius 1 is 1.29 bits per heavy atom. The minimum atomic E-state index is 0.324. The summed E-state index contributed by atoms with van der Waals surface area (Å²) >= 11 is 3.65. The summed E-state index contributed by atoms with van der Waals surface area (Å²) in [7, 11) is 0. The lowest BCUT2D eigenvalue weighted by atomic mass is 9.89. The third-order valence-corrected chi connectivity index (χ3v) is 4.37. The average molecular weight is 296 g/mol. The van der Waals surface area contributed by atoms with Crippen LogP contribution in [0.25, 0.3) is 0 Å². The highest BCUT2D eigenvalue weighted by molar-refractivity contribution is 9.10. The van der Waals surface area contributed by atoms with E-state index in [1.54, 1.807) is 0 Å². The van der Waals surface area contributed by atoms with Crippen molar-refractivity contribution in [1.82, 2.24) is 5.32 Å². The van der Waals surface area contributed by atoms with Crippen LogP contribution in [-0.4, -0.2) is 19.2 Å². The molecule has 0 aliphatic carbocycles. The van der Waals surface area contributed by atoms with Crippen molar-refractivity contribution in [2.75, 3.05) is 13.1 Å². The van der Waals surface area contributed by atoms with Crippen molar-refractivity contribution < 1.29 is 4.74 Å². The van der Waals surface area contributed by atoms with Crippen LogP contribution in [0.1, 0.15) is 36.8 Å². The van der Waals surface area contributed by atoms with Gasteiger partial charge in [0.25, 0.3) is 0 Å². The molecule has 1 unspecified atom stereocenters. The van der Waals surface area contributed by atoms with Gasteiger partial charge in [0.2, 0.25) is 0 Å². The van der Waals surface area contributed by atoms with E-state index in [-0.39, 0.29) is 0 Å². The minimum absolute atomic E-state index is 0.324. The molecule has 1 N–H and O–H groups in total. The highest BCUT2D eigenvalue weighted by Crippen LogP contribution is 2.40. The van der Waals surface area contributed by atoms with Gasteiger partial charge in [-0.3, -0.25) is 0 Å². The molecule has 0 bridgehead atoms. The van der Waals surface area contributed by atoms with Crippen molar-refractivity contribution in [3.8, 4) is 5.75 Å². The molecule has 2 nitrogen and oxygen atoms in total. The molecule has 1 atom stereocenters. The van der Waals surface area contributed by atoms with Crippen molar-refractivity contribution in [3.05, 3.63) is 27.7 Å². The summed E-state index contributed by atoms with van der Waals surface area (Å²) in [5, 5.41) is 3.42. The van der Waals surface area contributed by atoms with Gasteiger partial charge in [0.05, 0.1) is 4.47 Å². The Hall–Kier alpha value is -0.540. The van der Waals surface area contributed by atoms with Crippen molar-refractivity contribution in [1.29, 1.82) is 0 Å². The van der Waals surface area contributed by atoms with E-state index in [1.807, 2.05) is 0 Å². The van der Waals surface area contributed by atoms with Gasteiger partial charge in [0.1, 0.15) is 11.9 Å². The lowest BCUT2D eigenvalue weighted by Gasteiger charge is -2.23. The molecular formula is C14H18BrNO.